The van der Waals surface area contributed by atoms with Gasteiger partial charge in [-0.15, -0.1) is 0 Å². The van der Waals surface area contributed by atoms with Crippen LogP contribution < -0.4 is 5.32 Å². The largest absolute Gasteiger partial charge is 0.314 e. The molecule has 1 saturated carbocycles. The van der Waals surface area contributed by atoms with E-state index in [1.807, 2.05) is 0 Å². The molecule has 0 unspecified atom stereocenters. The van der Waals surface area contributed by atoms with Crippen molar-refractivity contribution in [1.82, 2.24) is 5.32 Å². The van der Waals surface area contributed by atoms with E-state index in [4.69, 9.17) is 0 Å². The van der Waals surface area contributed by atoms with E-state index in [1.54, 1.807) is 0 Å². The van der Waals surface area contributed by atoms with Crippen LogP contribution in [0.3, 0.4) is 0 Å². The van der Waals surface area contributed by atoms with Crippen LogP contribution in [-0.4, -0.2) is 12.6 Å². The monoisotopic (exact) mass is 197 g/mol. The second-order valence-electron chi connectivity index (χ2n) is 5.35. The van der Waals surface area contributed by atoms with Crippen LogP contribution in [-0.2, 0) is 0 Å². The quantitative estimate of drug-likeness (QED) is 0.585. The van der Waals surface area contributed by atoms with Crippen LogP contribution in [0.2, 0.25) is 0 Å². The van der Waals surface area contributed by atoms with Gasteiger partial charge in [0.1, 0.15) is 0 Å². The van der Waals surface area contributed by atoms with Gasteiger partial charge < -0.3 is 5.32 Å². The molecule has 0 atom stereocenters. The van der Waals surface area contributed by atoms with Gasteiger partial charge in [0, 0.05) is 12.6 Å². The summed E-state index contributed by atoms with van der Waals surface area (Å²) in [4.78, 5) is 0. The maximum absolute atomic E-state index is 3.59. The average Bonchev–Trinajstić information content (AvgIpc) is 2.91. The van der Waals surface area contributed by atoms with E-state index in [2.05, 4.69) is 26.1 Å². The second-order valence-corrected chi connectivity index (χ2v) is 5.35. The Bertz CT molecular complexity index is 147. The highest BCUT2D eigenvalue weighted by atomic mass is 14.9. The fraction of sp³-hybridized carbons (Fsp3) is 1.00. The average molecular weight is 197 g/mol. The Balaban J connectivity index is 2.04. The molecule has 1 fully saturated rings. The number of unbranched alkanes of at least 4 members (excludes halogenated alkanes) is 3. The molecule has 0 aromatic rings. The first-order chi connectivity index (χ1) is 6.68. The molecule has 1 aliphatic rings. The highest BCUT2D eigenvalue weighted by molar-refractivity contribution is 4.94. The van der Waals surface area contributed by atoms with Gasteiger partial charge in [0.25, 0.3) is 0 Å². The molecular weight excluding hydrogens is 170 g/mol. The van der Waals surface area contributed by atoms with Crippen molar-refractivity contribution in [2.24, 2.45) is 5.41 Å². The van der Waals surface area contributed by atoms with Gasteiger partial charge in [-0.25, -0.2) is 0 Å². The van der Waals surface area contributed by atoms with Crippen molar-refractivity contribution in [2.45, 2.75) is 71.8 Å². The predicted octanol–water partition coefficient (Wildman–Crippen LogP) is 3.74. The van der Waals surface area contributed by atoms with Gasteiger partial charge in [-0.2, -0.15) is 0 Å². The number of rotatable bonds is 8. The van der Waals surface area contributed by atoms with Gasteiger partial charge in [-0.3, -0.25) is 0 Å². The number of hydrogen-bond donors (Lipinski definition) is 1. The number of hydrogen-bond acceptors (Lipinski definition) is 1. The van der Waals surface area contributed by atoms with Crippen LogP contribution in [0.15, 0.2) is 0 Å². The van der Waals surface area contributed by atoms with E-state index < -0.39 is 0 Å². The van der Waals surface area contributed by atoms with Crippen molar-refractivity contribution >= 4 is 0 Å². The molecule has 1 heteroatoms. The van der Waals surface area contributed by atoms with Crippen LogP contribution in [0.4, 0.5) is 0 Å². The van der Waals surface area contributed by atoms with E-state index in [0.717, 1.165) is 5.41 Å². The molecule has 0 bridgehead atoms. The van der Waals surface area contributed by atoms with E-state index in [-0.39, 0.29) is 0 Å². The van der Waals surface area contributed by atoms with Crippen LogP contribution in [0.5, 0.6) is 0 Å². The topological polar surface area (TPSA) is 12.0 Å². The summed E-state index contributed by atoms with van der Waals surface area (Å²) in [6.07, 6.45) is 10.1. The molecule has 0 spiro atoms. The lowest BCUT2D eigenvalue weighted by Gasteiger charge is -2.17. The van der Waals surface area contributed by atoms with Gasteiger partial charge in [0.2, 0.25) is 0 Å². The normalized spacial score (nSPS) is 18.9. The molecule has 14 heavy (non-hydrogen) atoms. The second kappa shape index (κ2) is 5.75. The van der Waals surface area contributed by atoms with Crippen LogP contribution in [0, 0.1) is 5.41 Å². The minimum absolute atomic E-state index is 0.656. The third kappa shape index (κ3) is 4.45. The molecule has 84 valence electrons. The molecule has 0 aliphatic heterocycles. The molecule has 0 aromatic carbocycles. The van der Waals surface area contributed by atoms with Crippen molar-refractivity contribution in [3.05, 3.63) is 0 Å². The third-order valence-electron chi connectivity index (χ3n) is 3.40. The van der Waals surface area contributed by atoms with Crippen LogP contribution >= 0.6 is 0 Å². The summed E-state index contributed by atoms with van der Waals surface area (Å²) in [5, 5.41) is 3.59. The molecule has 1 N–H and O–H groups in total. The molecule has 1 nitrogen and oxygen atoms in total. The summed E-state index contributed by atoms with van der Waals surface area (Å²) in [5.74, 6) is 0. The number of nitrogens with one attached hydrogen (secondary N) is 1. The van der Waals surface area contributed by atoms with Crippen molar-refractivity contribution in [1.29, 1.82) is 0 Å². The maximum Gasteiger partial charge on any atom is 0.00106 e. The molecule has 0 amide bonds. The first-order valence-electron chi connectivity index (χ1n) is 6.42. The summed E-state index contributed by atoms with van der Waals surface area (Å²) >= 11 is 0. The SMILES string of the molecule is CCCCCCC1(CNC(C)C)CC1. The molecule has 0 radical (unpaired) electrons. The molecular formula is C13H27N. The smallest absolute Gasteiger partial charge is 0.00106 e. The van der Waals surface area contributed by atoms with Crippen LogP contribution in [0.25, 0.3) is 0 Å². The minimum Gasteiger partial charge on any atom is -0.314 e. The predicted molar refractivity (Wildman–Crippen MR) is 63.6 cm³/mol. The van der Waals surface area contributed by atoms with Crippen molar-refractivity contribution in [2.75, 3.05) is 6.54 Å². The lowest BCUT2D eigenvalue weighted by atomic mass is 9.97. The molecule has 1 aliphatic carbocycles. The van der Waals surface area contributed by atoms with E-state index >= 15 is 0 Å². The van der Waals surface area contributed by atoms with Crippen molar-refractivity contribution in [3.8, 4) is 0 Å². The highest BCUT2D eigenvalue weighted by Gasteiger charge is 2.41. The van der Waals surface area contributed by atoms with Gasteiger partial charge >= 0.3 is 0 Å². The maximum atomic E-state index is 3.59. The van der Waals surface area contributed by atoms with Gasteiger partial charge in [0.05, 0.1) is 0 Å². The summed E-state index contributed by atoms with van der Waals surface area (Å²) in [5.41, 5.74) is 0.720. The Hall–Kier alpha value is -0.0400. The first-order valence-corrected chi connectivity index (χ1v) is 6.42. The first kappa shape index (κ1) is 12.0. The summed E-state index contributed by atoms with van der Waals surface area (Å²) in [6.45, 7) is 8.03. The van der Waals surface area contributed by atoms with Gasteiger partial charge in [-0.1, -0.05) is 46.5 Å². The zero-order valence-corrected chi connectivity index (χ0v) is 10.2. The molecule has 0 saturated heterocycles. The van der Waals surface area contributed by atoms with Crippen LogP contribution in [0.1, 0.15) is 65.7 Å². The summed E-state index contributed by atoms with van der Waals surface area (Å²) < 4.78 is 0. The van der Waals surface area contributed by atoms with E-state index in [1.165, 1.54) is 51.5 Å². The molecule has 1 rings (SSSR count). The van der Waals surface area contributed by atoms with Crippen molar-refractivity contribution in [3.63, 3.8) is 0 Å². The Labute approximate surface area is 89.7 Å². The lowest BCUT2D eigenvalue weighted by molar-refractivity contribution is 0.388. The zero-order valence-electron chi connectivity index (χ0n) is 10.2. The summed E-state index contributed by atoms with van der Waals surface area (Å²) in [6, 6.07) is 0.656. The lowest BCUT2D eigenvalue weighted by Crippen LogP contribution is -2.29. The Kier molecular flexibility index (Phi) is 4.94. The fourth-order valence-corrected chi connectivity index (χ4v) is 2.04. The highest BCUT2D eigenvalue weighted by Crippen LogP contribution is 2.49. The van der Waals surface area contributed by atoms with E-state index in [0.29, 0.717) is 6.04 Å². The molecule has 0 heterocycles. The van der Waals surface area contributed by atoms with Crippen molar-refractivity contribution < 1.29 is 0 Å². The Morgan fingerprint density at radius 1 is 1.14 bits per heavy atom. The summed E-state index contributed by atoms with van der Waals surface area (Å²) in [7, 11) is 0. The molecule has 0 aromatic heterocycles. The minimum atomic E-state index is 0.656. The van der Waals surface area contributed by atoms with E-state index in [9.17, 15) is 0 Å². The zero-order chi connectivity index (χ0) is 10.4. The third-order valence-corrected chi connectivity index (χ3v) is 3.40. The Morgan fingerprint density at radius 2 is 1.86 bits per heavy atom. The fourth-order valence-electron chi connectivity index (χ4n) is 2.04. The Morgan fingerprint density at radius 3 is 2.36 bits per heavy atom. The van der Waals surface area contributed by atoms with Gasteiger partial charge in [-0.05, 0) is 24.7 Å². The van der Waals surface area contributed by atoms with Gasteiger partial charge in [0.15, 0.2) is 0 Å². The standard InChI is InChI=1S/C13H27N/c1-4-5-6-7-8-13(9-10-13)11-14-12(2)3/h12,14H,4-11H2,1-3H3.